The average Bonchev–Trinajstić information content (AvgIpc) is 2.99. The number of carbonyl (C=O) groups is 2. The van der Waals surface area contributed by atoms with Gasteiger partial charge in [-0.3, -0.25) is 9.59 Å². The molecular weight excluding hydrogens is 314 g/mol. The van der Waals surface area contributed by atoms with Crippen molar-refractivity contribution in [1.82, 2.24) is 4.98 Å². The summed E-state index contributed by atoms with van der Waals surface area (Å²) in [5.74, 6) is -0.674. The number of aromatic amines is 1. The quantitative estimate of drug-likeness (QED) is 0.573. The third-order valence-electron chi connectivity index (χ3n) is 3.52. The van der Waals surface area contributed by atoms with Crippen molar-refractivity contribution in [3.05, 3.63) is 70.9 Å². The van der Waals surface area contributed by atoms with Crippen molar-refractivity contribution in [2.24, 2.45) is 0 Å². The van der Waals surface area contributed by atoms with Gasteiger partial charge in [0.1, 0.15) is 0 Å². The van der Waals surface area contributed by atoms with Gasteiger partial charge >= 0.3 is 5.97 Å². The van der Waals surface area contributed by atoms with Crippen LogP contribution in [0.5, 0.6) is 0 Å². The second-order valence-corrected chi connectivity index (χ2v) is 5.57. The van der Waals surface area contributed by atoms with E-state index < -0.39 is 5.97 Å². The lowest BCUT2D eigenvalue weighted by atomic mass is 10.1. The van der Waals surface area contributed by atoms with Crippen molar-refractivity contribution in [1.29, 1.82) is 0 Å². The summed E-state index contributed by atoms with van der Waals surface area (Å²) in [6.07, 6.45) is 1.75. The highest BCUT2D eigenvalue weighted by atomic mass is 35.5. The molecule has 0 aliphatic rings. The number of hydrogen-bond acceptors (Lipinski definition) is 3. The summed E-state index contributed by atoms with van der Waals surface area (Å²) in [4.78, 5) is 27.1. The first-order valence-corrected chi connectivity index (χ1v) is 7.50. The maximum Gasteiger partial charge on any atom is 0.310 e. The van der Waals surface area contributed by atoms with E-state index in [2.05, 4.69) is 4.98 Å². The van der Waals surface area contributed by atoms with Crippen LogP contribution in [0.3, 0.4) is 0 Å². The van der Waals surface area contributed by atoms with Crippen LogP contribution in [0.25, 0.3) is 10.9 Å². The molecule has 0 atom stereocenters. The van der Waals surface area contributed by atoms with E-state index in [1.807, 2.05) is 24.3 Å². The van der Waals surface area contributed by atoms with Crippen molar-refractivity contribution >= 4 is 34.3 Å². The summed E-state index contributed by atoms with van der Waals surface area (Å²) in [6.45, 7) is -0.270. The maximum atomic E-state index is 12.2. The topological polar surface area (TPSA) is 59.2 Å². The van der Waals surface area contributed by atoms with Crippen LogP contribution in [0.2, 0.25) is 5.02 Å². The predicted octanol–water partition coefficient (Wildman–Crippen LogP) is 3.79. The van der Waals surface area contributed by atoms with Gasteiger partial charge in [-0.2, -0.15) is 0 Å². The second-order valence-electron chi connectivity index (χ2n) is 5.14. The Morgan fingerprint density at radius 2 is 1.78 bits per heavy atom. The molecule has 0 fully saturated rings. The number of H-pyrrole nitrogens is 1. The predicted molar refractivity (Wildman–Crippen MR) is 88.7 cm³/mol. The lowest BCUT2D eigenvalue weighted by Gasteiger charge is -2.04. The molecule has 23 heavy (non-hydrogen) atoms. The Labute approximate surface area is 138 Å². The number of para-hydroxylation sites is 1. The summed E-state index contributed by atoms with van der Waals surface area (Å²) in [5, 5.41) is 1.43. The van der Waals surface area contributed by atoms with Crippen LogP contribution < -0.4 is 0 Å². The number of esters is 1. The molecule has 0 radical (unpaired) electrons. The molecule has 0 unspecified atom stereocenters. The minimum atomic E-state index is -0.444. The standard InChI is InChI=1S/C18H14ClNO3/c19-13-7-5-12(6-8-13)9-18(22)23-11-17(21)15-10-20-16-4-2-1-3-14(15)16/h1-8,10,20H,9,11H2. The molecule has 2 aromatic carbocycles. The SMILES string of the molecule is O=C(Cc1ccc(Cl)cc1)OCC(=O)c1c[nH]c2ccccc12. The lowest BCUT2D eigenvalue weighted by Crippen LogP contribution is -2.15. The largest absolute Gasteiger partial charge is 0.457 e. The summed E-state index contributed by atoms with van der Waals surface area (Å²) in [6, 6.07) is 14.4. The molecule has 4 nitrogen and oxygen atoms in total. The first-order valence-electron chi connectivity index (χ1n) is 7.13. The average molecular weight is 328 g/mol. The van der Waals surface area contributed by atoms with Gasteiger partial charge < -0.3 is 9.72 Å². The molecule has 0 aliphatic heterocycles. The summed E-state index contributed by atoms with van der Waals surface area (Å²) < 4.78 is 5.08. The van der Waals surface area contributed by atoms with Crippen molar-refractivity contribution < 1.29 is 14.3 Å². The number of benzene rings is 2. The van der Waals surface area contributed by atoms with Gasteiger partial charge in [0, 0.05) is 27.7 Å². The molecule has 0 saturated carbocycles. The van der Waals surface area contributed by atoms with Crippen LogP contribution in [-0.2, 0) is 16.0 Å². The zero-order chi connectivity index (χ0) is 16.2. The van der Waals surface area contributed by atoms with Crippen molar-refractivity contribution in [3.63, 3.8) is 0 Å². The van der Waals surface area contributed by atoms with Crippen LogP contribution in [0.4, 0.5) is 0 Å². The van der Waals surface area contributed by atoms with Crippen LogP contribution in [0.1, 0.15) is 15.9 Å². The summed E-state index contributed by atoms with van der Waals surface area (Å²) >= 11 is 5.79. The molecule has 0 amide bonds. The molecule has 5 heteroatoms. The van der Waals surface area contributed by atoms with Gasteiger partial charge in [0.25, 0.3) is 0 Å². The van der Waals surface area contributed by atoms with Crippen molar-refractivity contribution in [3.8, 4) is 0 Å². The van der Waals surface area contributed by atoms with Crippen LogP contribution in [0.15, 0.2) is 54.7 Å². The maximum absolute atomic E-state index is 12.2. The number of carbonyl (C=O) groups excluding carboxylic acids is 2. The molecule has 1 N–H and O–H groups in total. The smallest absolute Gasteiger partial charge is 0.310 e. The van der Waals surface area contributed by atoms with E-state index in [-0.39, 0.29) is 18.8 Å². The molecular formula is C18H14ClNO3. The number of nitrogens with one attached hydrogen (secondary N) is 1. The van der Waals surface area contributed by atoms with E-state index in [0.29, 0.717) is 10.6 Å². The molecule has 116 valence electrons. The molecule has 3 rings (SSSR count). The molecule has 1 aromatic heterocycles. The minimum absolute atomic E-state index is 0.109. The van der Waals surface area contributed by atoms with Crippen LogP contribution >= 0.6 is 11.6 Å². The van der Waals surface area contributed by atoms with Crippen LogP contribution in [0, 0.1) is 0 Å². The zero-order valence-electron chi connectivity index (χ0n) is 12.2. The molecule has 0 saturated heterocycles. The highest BCUT2D eigenvalue weighted by Crippen LogP contribution is 2.18. The fourth-order valence-corrected chi connectivity index (χ4v) is 2.47. The Morgan fingerprint density at radius 1 is 1.04 bits per heavy atom. The third kappa shape index (κ3) is 3.60. The summed E-state index contributed by atoms with van der Waals surface area (Å²) in [5.41, 5.74) is 2.20. The van der Waals surface area contributed by atoms with Gasteiger partial charge in [0.05, 0.1) is 6.42 Å². The first-order chi connectivity index (χ1) is 11.1. The van der Waals surface area contributed by atoms with Gasteiger partial charge in [-0.1, -0.05) is 41.9 Å². The Morgan fingerprint density at radius 3 is 2.57 bits per heavy atom. The number of hydrogen-bond donors (Lipinski definition) is 1. The highest BCUT2D eigenvalue weighted by Gasteiger charge is 2.14. The minimum Gasteiger partial charge on any atom is -0.457 e. The van der Waals surface area contributed by atoms with E-state index >= 15 is 0 Å². The van der Waals surface area contributed by atoms with E-state index in [0.717, 1.165) is 16.5 Å². The molecule has 0 spiro atoms. The number of Topliss-reactive ketones (excluding diaryl/α,β-unsaturated/α-hetero) is 1. The number of rotatable bonds is 5. The Bertz CT molecular complexity index is 852. The van der Waals surface area contributed by atoms with E-state index in [1.165, 1.54) is 0 Å². The monoisotopic (exact) mass is 327 g/mol. The second kappa shape index (κ2) is 6.67. The van der Waals surface area contributed by atoms with Gasteiger partial charge in [-0.25, -0.2) is 0 Å². The first kappa shape index (κ1) is 15.3. The van der Waals surface area contributed by atoms with E-state index in [9.17, 15) is 9.59 Å². The Balaban J connectivity index is 1.60. The van der Waals surface area contributed by atoms with Crippen LogP contribution in [-0.4, -0.2) is 23.3 Å². The molecule has 3 aromatic rings. The van der Waals surface area contributed by atoms with Gasteiger partial charge in [-0.15, -0.1) is 0 Å². The zero-order valence-corrected chi connectivity index (χ0v) is 13.0. The number of aromatic nitrogens is 1. The molecule has 0 aliphatic carbocycles. The normalized spacial score (nSPS) is 10.7. The fourth-order valence-electron chi connectivity index (χ4n) is 2.35. The molecule has 1 heterocycles. The Hall–Kier alpha value is -2.59. The lowest BCUT2D eigenvalue weighted by molar-refractivity contribution is -0.141. The fraction of sp³-hybridized carbons (Fsp3) is 0.111. The number of fused-ring (bicyclic) bond motifs is 1. The number of ether oxygens (including phenoxy) is 1. The number of halogens is 1. The van der Waals surface area contributed by atoms with Gasteiger partial charge in [0.15, 0.2) is 6.61 Å². The van der Waals surface area contributed by atoms with Gasteiger partial charge in [0.2, 0.25) is 5.78 Å². The summed E-state index contributed by atoms with van der Waals surface area (Å²) in [7, 11) is 0. The number of ketones is 1. The molecule has 0 bridgehead atoms. The highest BCUT2D eigenvalue weighted by molar-refractivity contribution is 6.30. The van der Waals surface area contributed by atoms with E-state index in [1.54, 1.807) is 30.5 Å². The third-order valence-corrected chi connectivity index (χ3v) is 3.77. The van der Waals surface area contributed by atoms with Gasteiger partial charge in [-0.05, 0) is 23.8 Å². The van der Waals surface area contributed by atoms with E-state index in [4.69, 9.17) is 16.3 Å². The Kier molecular flexibility index (Phi) is 4.44. The van der Waals surface area contributed by atoms with Crippen molar-refractivity contribution in [2.75, 3.05) is 6.61 Å². The van der Waals surface area contributed by atoms with Crippen molar-refractivity contribution in [2.45, 2.75) is 6.42 Å².